The smallest absolute Gasteiger partial charge is 0.328 e. The third kappa shape index (κ3) is 11.0. The Morgan fingerprint density at radius 2 is 0.976 bits per heavy atom. The molecule has 42 heavy (non-hydrogen) atoms. The van der Waals surface area contributed by atoms with Crippen molar-refractivity contribution in [3.8, 4) is 34.1 Å². The molecule has 0 amide bonds. The molecule has 4 N–H and O–H groups in total. The van der Waals surface area contributed by atoms with Crippen LogP contribution < -0.4 is 18.9 Å². The van der Waals surface area contributed by atoms with Gasteiger partial charge in [-0.2, -0.15) is 9.46 Å². The zero-order valence-corrected chi connectivity index (χ0v) is 22.5. The third-order valence-electron chi connectivity index (χ3n) is 5.18. The molecule has 0 unspecified atom stereocenters. The molecule has 218 valence electrons. The number of rotatable bonds is 7. The predicted octanol–water partition coefficient (Wildman–Crippen LogP) is 3.62. The monoisotopic (exact) mass is 576 g/mol. The van der Waals surface area contributed by atoms with E-state index in [1.54, 1.807) is 48.5 Å². The van der Waals surface area contributed by atoms with Crippen molar-refractivity contribution < 1.29 is 48.9 Å². The molecule has 4 rings (SSSR count). The molecular formula is C30H28N2O10. The summed E-state index contributed by atoms with van der Waals surface area (Å²) in [5.41, 5.74) is 3.14. The Morgan fingerprint density at radius 3 is 1.26 bits per heavy atom. The van der Waals surface area contributed by atoms with Gasteiger partial charge in [0.05, 0.1) is 14.2 Å². The number of aromatic nitrogens is 2. The van der Waals surface area contributed by atoms with Crippen molar-refractivity contribution in [3.05, 3.63) is 119 Å². The number of phenolic OH excluding ortho intramolecular Hbond substituents is 2. The third-order valence-corrected chi connectivity index (χ3v) is 5.18. The van der Waals surface area contributed by atoms with Crippen molar-refractivity contribution in [1.82, 2.24) is 0 Å². The molecule has 0 aliphatic rings. The second-order valence-corrected chi connectivity index (χ2v) is 8.10. The summed E-state index contributed by atoms with van der Waals surface area (Å²) in [6, 6.07) is 16.0. The highest BCUT2D eigenvalue weighted by atomic mass is 16.5. The van der Waals surface area contributed by atoms with E-state index in [1.165, 1.54) is 63.3 Å². The molecule has 0 spiro atoms. The number of hydrogen-bond donors (Lipinski definition) is 4. The van der Waals surface area contributed by atoms with E-state index in [4.69, 9.17) is 19.7 Å². The lowest BCUT2D eigenvalue weighted by atomic mass is 10.1. The zero-order chi connectivity index (χ0) is 31.1. The normalized spacial score (nSPS) is 10.2. The van der Waals surface area contributed by atoms with E-state index >= 15 is 0 Å². The number of nitrogens with zero attached hydrogens (tertiary/aromatic N) is 2. The van der Waals surface area contributed by atoms with E-state index in [2.05, 4.69) is 0 Å². The van der Waals surface area contributed by atoms with Crippen LogP contribution in [0.15, 0.2) is 97.6 Å². The van der Waals surface area contributed by atoms with Gasteiger partial charge in [0, 0.05) is 36.4 Å². The number of phenols is 2. The van der Waals surface area contributed by atoms with Crippen LogP contribution in [-0.2, 0) is 9.59 Å². The van der Waals surface area contributed by atoms with E-state index in [0.717, 1.165) is 32.7 Å². The first-order valence-corrected chi connectivity index (χ1v) is 12.0. The Labute approximate surface area is 240 Å². The molecule has 0 fully saturated rings. The number of carboxylic acids is 2. The Balaban J connectivity index is 0.000000220. The molecular weight excluding hydrogens is 548 g/mol. The Morgan fingerprint density at radius 1 is 0.643 bits per heavy atom. The van der Waals surface area contributed by atoms with E-state index < -0.39 is 11.9 Å². The summed E-state index contributed by atoms with van der Waals surface area (Å²) in [6.07, 6.45) is 10.6. The van der Waals surface area contributed by atoms with Gasteiger partial charge in [-0.1, -0.05) is 12.1 Å². The Hall–Kier alpha value is -6.04. The number of aliphatic carboxylic acids is 2. The maximum Gasteiger partial charge on any atom is 0.328 e. The SMILES string of the molecule is COc1cc(/C=C/C(=O)O)ccc1O.COc1cc(/C=C/C(=O)O)ccc1O.[O-][n+]1ccc(-c2cc[n+]([O-])cc2)cc1. The van der Waals surface area contributed by atoms with Crippen molar-refractivity contribution in [2.75, 3.05) is 14.2 Å². The highest BCUT2D eigenvalue weighted by Crippen LogP contribution is 2.27. The molecule has 0 radical (unpaired) electrons. The number of hydrogen-bond acceptors (Lipinski definition) is 8. The number of ether oxygens (including phenoxy) is 2. The van der Waals surface area contributed by atoms with Gasteiger partial charge in [-0.15, -0.1) is 0 Å². The van der Waals surface area contributed by atoms with E-state index in [9.17, 15) is 30.2 Å². The molecule has 12 nitrogen and oxygen atoms in total. The molecule has 2 aromatic heterocycles. The summed E-state index contributed by atoms with van der Waals surface area (Å²) < 4.78 is 11.2. The average molecular weight is 577 g/mol. The molecule has 2 heterocycles. The maximum absolute atomic E-state index is 10.8. The number of methoxy groups -OCH3 is 2. The van der Waals surface area contributed by atoms with Gasteiger partial charge in [0.15, 0.2) is 47.8 Å². The Kier molecular flexibility index (Phi) is 12.4. The van der Waals surface area contributed by atoms with Gasteiger partial charge in [-0.3, -0.25) is 0 Å². The van der Waals surface area contributed by atoms with Crippen molar-refractivity contribution in [2.24, 2.45) is 0 Å². The summed E-state index contributed by atoms with van der Waals surface area (Å²) >= 11 is 0. The fourth-order valence-electron chi connectivity index (χ4n) is 3.14. The summed E-state index contributed by atoms with van der Waals surface area (Å²) in [7, 11) is 2.86. The molecule has 0 aliphatic carbocycles. The largest absolute Gasteiger partial charge is 0.619 e. The first-order chi connectivity index (χ1) is 20.0. The van der Waals surface area contributed by atoms with Gasteiger partial charge in [0.1, 0.15) is 0 Å². The van der Waals surface area contributed by atoms with E-state index in [1.807, 2.05) is 0 Å². The second kappa shape index (κ2) is 16.2. The van der Waals surface area contributed by atoms with Crippen molar-refractivity contribution in [1.29, 1.82) is 0 Å². The van der Waals surface area contributed by atoms with Crippen LogP contribution in [-0.4, -0.2) is 46.6 Å². The van der Waals surface area contributed by atoms with Crippen LogP contribution in [0.3, 0.4) is 0 Å². The molecule has 0 bridgehead atoms. The van der Waals surface area contributed by atoms with Crippen LogP contribution >= 0.6 is 0 Å². The summed E-state index contributed by atoms with van der Waals surface area (Å²) in [5, 5.41) is 56.8. The van der Waals surface area contributed by atoms with Crippen molar-refractivity contribution >= 4 is 24.1 Å². The quantitative estimate of drug-likeness (QED) is 0.144. The minimum absolute atomic E-state index is 0.0278. The van der Waals surface area contributed by atoms with Gasteiger partial charge in [-0.25, -0.2) is 9.59 Å². The van der Waals surface area contributed by atoms with E-state index in [0.29, 0.717) is 22.6 Å². The number of carbonyl (C=O) groups is 2. The maximum atomic E-state index is 10.8. The van der Waals surface area contributed by atoms with Gasteiger partial charge >= 0.3 is 11.9 Å². The molecule has 12 heteroatoms. The fraction of sp³-hybridized carbons (Fsp3) is 0.0667. The van der Waals surface area contributed by atoms with Crippen LogP contribution in [0.25, 0.3) is 23.3 Å². The van der Waals surface area contributed by atoms with Crippen LogP contribution in [0.5, 0.6) is 23.0 Å². The number of pyridine rings is 2. The first-order valence-electron chi connectivity index (χ1n) is 12.0. The highest BCUT2D eigenvalue weighted by molar-refractivity contribution is 5.86. The highest BCUT2D eigenvalue weighted by Gasteiger charge is 2.02. The summed E-state index contributed by atoms with van der Waals surface area (Å²) in [4.78, 5) is 20.5. The number of carboxylic acid groups (broad SMARTS) is 2. The molecule has 0 atom stereocenters. The first kappa shape index (κ1) is 32.2. The van der Waals surface area contributed by atoms with Gasteiger partial charge in [-0.05, 0) is 58.7 Å². The van der Waals surface area contributed by atoms with Crippen LogP contribution in [0.2, 0.25) is 0 Å². The summed E-state index contributed by atoms with van der Waals surface area (Å²) in [6.45, 7) is 0. The lowest BCUT2D eigenvalue weighted by Crippen LogP contribution is -2.24. The lowest BCUT2D eigenvalue weighted by Gasteiger charge is -2.03. The number of aromatic hydroxyl groups is 2. The molecule has 2 aromatic carbocycles. The zero-order valence-electron chi connectivity index (χ0n) is 22.5. The summed E-state index contributed by atoms with van der Waals surface area (Å²) in [5.74, 6) is -1.34. The standard InChI is InChI=1S/C10H8N2O2.2C10H10O4/c13-11-5-1-9(2-6-11)10-3-7-12(14)8-4-10;2*1-14-9-6-7(2-4-8(9)11)3-5-10(12)13/h1-8H;2*2-6,11H,1H3,(H,12,13)/b;2*5-3+. The van der Waals surface area contributed by atoms with E-state index in [-0.39, 0.29) is 11.5 Å². The lowest BCUT2D eigenvalue weighted by molar-refractivity contribution is -0.605. The van der Waals surface area contributed by atoms with Gasteiger partial charge in [0.25, 0.3) is 0 Å². The topological polar surface area (TPSA) is 187 Å². The Bertz CT molecular complexity index is 1420. The minimum Gasteiger partial charge on any atom is -0.619 e. The minimum atomic E-state index is -1.02. The molecule has 0 aliphatic heterocycles. The van der Waals surface area contributed by atoms with Gasteiger partial charge < -0.3 is 40.3 Å². The molecule has 4 aromatic rings. The number of benzene rings is 2. The predicted molar refractivity (Wildman–Crippen MR) is 152 cm³/mol. The van der Waals surface area contributed by atoms with Crippen LogP contribution in [0.1, 0.15) is 11.1 Å². The van der Waals surface area contributed by atoms with Gasteiger partial charge in [0.2, 0.25) is 0 Å². The van der Waals surface area contributed by atoms with Crippen LogP contribution in [0.4, 0.5) is 0 Å². The second-order valence-electron chi connectivity index (χ2n) is 8.10. The van der Waals surface area contributed by atoms with Crippen LogP contribution in [0, 0.1) is 10.4 Å². The average Bonchev–Trinajstić information content (AvgIpc) is 2.98. The molecule has 0 saturated carbocycles. The van der Waals surface area contributed by atoms with Crippen molar-refractivity contribution in [3.63, 3.8) is 0 Å². The fourth-order valence-corrected chi connectivity index (χ4v) is 3.14. The molecule has 0 saturated heterocycles. The van der Waals surface area contributed by atoms with Crippen molar-refractivity contribution in [2.45, 2.75) is 0 Å².